The van der Waals surface area contributed by atoms with Gasteiger partial charge in [-0.05, 0) is 24.3 Å². The first-order valence-electron chi connectivity index (χ1n) is 2.71. The standard InChI is InChI=1S/C6H5BFO2.K.H/c8-5-1-3-6(4-2-5)10-7-9;;/h1-4,9H;;/q;+1;-1. The van der Waals surface area contributed by atoms with Gasteiger partial charge in [0.25, 0.3) is 0 Å². The van der Waals surface area contributed by atoms with Crippen LogP contribution in [-0.4, -0.2) is 12.7 Å². The number of hydrogen-bond donors (Lipinski definition) is 1. The molecule has 5 heteroatoms. The van der Waals surface area contributed by atoms with E-state index in [1.54, 1.807) is 0 Å². The van der Waals surface area contributed by atoms with Crippen molar-refractivity contribution >= 4 is 7.69 Å². The minimum absolute atomic E-state index is 0. The second kappa shape index (κ2) is 6.16. The maximum atomic E-state index is 12.2. The monoisotopic (exact) mass is 179 g/mol. The molecule has 53 valence electrons. The molecule has 0 aliphatic rings. The summed E-state index contributed by atoms with van der Waals surface area (Å²) < 4.78 is 16.7. The van der Waals surface area contributed by atoms with Crippen molar-refractivity contribution in [2.24, 2.45) is 0 Å². The number of halogens is 1. The molecule has 0 aromatic heterocycles. The molecule has 0 unspecified atom stereocenters. The first-order chi connectivity index (χ1) is 4.83. The van der Waals surface area contributed by atoms with Gasteiger partial charge in [0.05, 0.1) is 0 Å². The summed E-state index contributed by atoms with van der Waals surface area (Å²) in [6, 6.07) is 5.34. The fraction of sp³-hybridized carbons (Fsp3) is 0. The maximum Gasteiger partial charge on any atom is 1.00 e. The van der Waals surface area contributed by atoms with E-state index in [1.807, 2.05) is 0 Å². The van der Waals surface area contributed by atoms with Crippen molar-refractivity contribution in [3.8, 4) is 5.75 Å². The quantitative estimate of drug-likeness (QED) is 0.524. The molecule has 1 radical (unpaired) electrons. The van der Waals surface area contributed by atoms with Crippen LogP contribution in [-0.2, 0) is 0 Å². The molecule has 0 saturated carbocycles. The Balaban J connectivity index is 0. The van der Waals surface area contributed by atoms with Crippen LogP contribution < -0.4 is 56.0 Å². The molecule has 2 nitrogen and oxygen atoms in total. The number of hydrogen-bond acceptors (Lipinski definition) is 2. The predicted octanol–water partition coefficient (Wildman–Crippen LogP) is -2.15. The summed E-state index contributed by atoms with van der Waals surface area (Å²) in [6.07, 6.45) is 0. The zero-order valence-electron chi connectivity index (χ0n) is 7.12. The van der Waals surface area contributed by atoms with Crippen LogP contribution in [0.4, 0.5) is 4.39 Å². The van der Waals surface area contributed by atoms with Gasteiger partial charge in [-0.2, -0.15) is 0 Å². The first-order valence-corrected chi connectivity index (χ1v) is 2.71. The minimum Gasteiger partial charge on any atom is -1.00 e. The fourth-order valence-corrected chi connectivity index (χ4v) is 0.574. The van der Waals surface area contributed by atoms with E-state index in [1.165, 1.54) is 24.3 Å². The molecule has 0 atom stereocenters. The van der Waals surface area contributed by atoms with Crippen LogP contribution in [0.25, 0.3) is 0 Å². The topological polar surface area (TPSA) is 29.5 Å². The Morgan fingerprint density at radius 2 is 1.91 bits per heavy atom. The molecule has 0 spiro atoms. The second-order valence-electron chi connectivity index (χ2n) is 1.68. The summed E-state index contributed by atoms with van der Waals surface area (Å²) in [4.78, 5) is 0. The van der Waals surface area contributed by atoms with Crippen LogP contribution in [0, 0.1) is 5.82 Å². The summed E-state index contributed by atoms with van der Waals surface area (Å²) in [7, 11) is 0.549. The van der Waals surface area contributed by atoms with E-state index in [0.29, 0.717) is 13.4 Å². The number of rotatable bonds is 2. The van der Waals surface area contributed by atoms with Crippen molar-refractivity contribution in [1.29, 1.82) is 0 Å². The van der Waals surface area contributed by atoms with Gasteiger partial charge in [0.15, 0.2) is 0 Å². The Hall–Kier alpha value is 0.611. The van der Waals surface area contributed by atoms with Crippen LogP contribution in [0.5, 0.6) is 5.75 Å². The Morgan fingerprint density at radius 1 is 1.36 bits per heavy atom. The number of benzene rings is 1. The molecule has 0 amide bonds. The summed E-state index contributed by atoms with van der Waals surface area (Å²) in [5, 5.41) is 8.15. The van der Waals surface area contributed by atoms with Crippen LogP contribution >= 0.6 is 0 Å². The average Bonchev–Trinajstić information content (AvgIpc) is 1.95. The van der Waals surface area contributed by atoms with E-state index in [-0.39, 0.29) is 58.6 Å². The molecule has 0 aliphatic heterocycles. The predicted molar refractivity (Wildman–Crippen MR) is 36.1 cm³/mol. The zero-order valence-corrected chi connectivity index (χ0v) is 9.24. The molecule has 0 bridgehead atoms. The molecule has 1 aromatic rings. The van der Waals surface area contributed by atoms with Crippen LogP contribution in [0.1, 0.15) is 1.43 Å². The summed E-state index contributed by atoms with van der Waals surface area (Å²) in [5.74, 6) is 0.0780. The van der Waals surface area contributed by atoms with Crippen LogP contribution in [0.3, 0.4) is 0 Å². The molecule has 11 heavy (non-hydrogen) atoms. The summed E-state index contributed by atoms with van der Waals surface area (Å²) >= 11 is 0. The minimum atomic E-state index is -0.328. The fourth-order valence-electron chi connectivity index (χ4n) is 0.574. The molecule has 1 rings (SSSR count). The van der Waals surface area contributed by atoms with Crippen molar-refractivity contribution in [2.45, 2.75) is 0 Å². The van der Waals surface area contributed by atoms with Gasteiger partial charge in [-0.3, -0.25) is 0 Å². The SMILES string of the molecule is O[B]Oc1ccc(F)cc1.[H-].[K+]. The zero-order chi connectivity index (χ0) is 7.40. The van der Waals surface area contributed by atoms with E-state index in [4.69, 9.17) is 5.02 Å². The van der Waals surface area contributed by atoms with E-state index >= 15 is 0 Å². The average molecular weight is 179 g/mol. The third-order valence-electron chi connectivity index (χ3n) is 1.00. The van der Waals surface area contributed by atoms with Gasteiger partial charge in [-0.1, -0.05) is 0 Å². The van der Waals surface area contributed by atoms with E-state index < -0.39 is 0 Å². The summed E-state index contributed by atoms with van der Waals surface area (Å²) in [5.41, 5.74) is 0. The van der Waals surface area contributed by atoms with Crippen molar-refractivity contribution < 1.29 is 66.9 Å². The van der Waals surface area contributed by atoms with Crippen LogP contribution in [0.2, 0.25) is 0 Å². The smallest absolute Gasteiger partial charge is 1.00 e. The molecule has 0 aliphatic carbocycles. The van der Waals surface area contributed by atoms with Gasteiger partial charge < -0.3 is 11.1 Å². The normalized spacial score (nSPS) is 8.18. The molecule has 0 saturated heterocycles. The second-order valence-corrected chi connectivity index (χ2v) is 1.68. The van der Waals surface area contributed by atoms with Gasteiger partial charge in [-0.15, -0.1) is 0 Å². The van der Waals surface area contributed by atoms with Gasteiger partial charge in [-0.25, -0.2) is 4.39 Å². The third kappa shape index (κ3) is 4.25. The van der Waals surface area contributed by atoms with Crippen molar-refractivity contribution in [1.82, 2.24) is 0 Å². The van der Waals surface area contributed by atoms with Crippen molar-refractivity contribution in [3.63, 3.8) is 0 Å². The Morgan fingerprint density at radius 3 is 2.36 bits per heavy atom. The molecule has 0 fully saturated rings. The third-order valence-corrected chi connectivity index (χ3v) is 1.00. The Bertz CT molecular complexity index is 209. The first kappa shape index (κ1) is 11.6. The molecular weight excluding hydrogens is 173 g/mol. The van der Waals surface area contributed by atoms with Gasteiger partial charge in [0, 0.05) is 0 Å². The molecule has 1 aromatic carbocycles. The molecule has 0 heterocycles. The van der Waals surface area contributed by atoms with Crippen molar-refractivity contribution in [2.75, 3.05) is 0 Å². The van der Waals surface area contributed by atoms with Gasteiger partial charge in [0.2, 0.25) is 0 Å². The molecule has 1 N–H and O–H groups in total. The van der Waals surface area contributed by atoms with Gasteiger partial charge in [0.1, 0.15) is 11.6 Å². The van der Waals surface area contributed by atoms with E-state index in [2.05, 4.69) is 4.65 Å². The summed E-state index contributed by atoms with van der Waals surface area (Å²) in [6.45, 7) is 0. The molecular formula is C6H6BFKO2. The largest absolute Gasteiger partial charge is 1.00 e. The van der Waals surface area contributed by atoms with E-state index in [0.717, 1.165) is 0 Å². The van der Waals surface area contributed by atoms with Gasteiger partial charge >= 0.3 is 59.1 Å². The Labute approximate surface area is 109 Å². The van der Waals surface area contributed by atoms with Crippen LogP contribution in [0.15, 0.2) is 24.3 Å². The van der Waals surface area contributed by atoms with E-state index in [9.17, 15) is 4.39 Å². The Kier molecular flexibility index (Phi) is 6.51. The maximum absolute atomic E-state index is 12.2. The van der Waals surface area contributed by atoms with Crippen molar-refractivity contribution in [3.05, 3.63) is 30.1 Å².